The number of allylic oxidation sites excluding steroid dienone is 1. The lowest BCUT2D eigenvalue weighted by Gasteiger charge is -2.56. The molecule has 2 aromatic rings. The molecule has 5 rings (SSSR count). The van der Waals surface area contributed by atoms with Crippen molar-refractivity contribution in [3.8, 4) is 0 Å². The Labute approximate surface area is 136 Å². The molecule has 0 amide bonds. The number of hydrogen-bond donors (Lipinski definition) is 0. The number of rotatable bonds is 4. The third-order valence-corrected chi connectivity index (χ3v) is 5.78. The maximum Gasteiger partial charge on any atom is 0.358 e. The molecule has 2 heterocycles. The Kier molecular flexibility index (Phi) is 3.29. The number of fused-ring (bicyclic) bond motifs is 2. The molecule has 23 heavy (non-hydrogen) atoms. The van der Waals surface area contributed by atoms with Gasteiger partial charge in [0.1, 0.15) is 5.65 Å². The minimum absolute atomic E-state index is 0.337. The highest BCUT2D eigenvalue weighted by Gasteiger charge is 2.50. The van der Waals surface area contributed by atoms with E-state index >= 15 is 0 Å². The van der Waals surface area contributed by atoms with Gasteiger partial charge >= 0.3 is 5.97 Å². The number of imidazole rings is 1. The third-order valence-electron chi connectivity index (χ3n) is 5.78. The summed E-state index contributed by atoms with van der Waals surface area (Å²) in [6.45, 7) is 5.17. The number of esters is 1. The predicted molar refractivity (Wildman–Crippen MR) is 88.2 cm³/mol. The van der Waals surface area contributed by atoms with Crippen molar-refractivity contribution >= 4 is 11.6 Å². The Morgan fingerprint density at radius 3 is 3.04 bits per heavy atom. The maximum atomic E-state index is 12.2. The zero-order valence-electron chi connectivity index (χ0n) is 13.7. The van der Waals surface area contributed by atoms with Crippen molar-refractivity contribution < 1.29 is 9.53 Å². The van der Waals surface area contributed by atoms with Crippen molar-refractivity contribution in [3.05, 3.63) is 47.9 Å². The van der Waals surface area contributed by atoms with Crippen molar-refractivity contribution in [1.29, 1.82) is 0 Å². The van der Waals surface area contributed by atoms with Gasteiger partial charge in [-0.05, 0) is 42.2 Å². The van der Waals surface area contributed by atoms with Crippen LogP contribution in [0.4, 0.5) is 0 Å². The summed E-state index contributed by atoms with van der Waals surface area (Å²) in [4.78, 5) is 16.5. The molecule has 0 spiro atoms. The molecule has 120 valence electrons. The van der Waals surface area contributed by atoms with Gasteiger partial charge in [-0.25, -0.2) is 9.78 Å². The zero-order chi connectivity index (χ0) is 16.0. The van der Waals surface area contributed by atoms with E-state index in [-0.39, 0.29) is 5.97 Å². The van der Waals surface area contributed by atoms with E-state index in [0.717, 1.165) is 18.0 Å². The minimum atomic E-state index is -0.337. The Hall–Kier alpha value is -2.10. The molecule has 0 aromatic carbocycles. The largest absolute Gasteiger partial charge is 0.461 e. The van der Waals surface area contributed by atoms with Gasteiger partial charge in [-0.15, -0.1) is 0 Å². The lowest BCUT2D eigenvalue weighted by atomic mass is 9.48. The smallest absolute Gasteiger partial charge is 0.358 e. The second-order valence-corrected chi connectivity index (χ2v) is 7.30. The lowest BCUT2D eigenvalue weighted by Crippen LogP contribution is -2.48. The van der Waals surface area contributed by atoms with Crippen molar-refractivity contribution in [2.45, 2.75) is 33.1 Å². The molecule has 0 saturated heterocycles. The highest BCUT2D eigenvalue weighted by molar-refractivity contribution is 5.87. The van der Waals surface area contributed by atoms with E-state index in [1.807, 2.05) is 28.8 Å². The molecule has 2 atom stereocenters. The maximum absolute atomic E-state index is 12.2. The Morgan fingerprint density at radius 2 is 2.30 bits per heavy atom. The number of ether oxygens (including phenoxy) is 1. The molecule has 2 aromatic heterocycles. The molecule has 1 fully saturated rings. The average Bonchev–Trinajstić information content (AvgIpc) is 2.99. The number of carbonyl (C=O) groups excluding carboxylic acids is 1. The van der Waals surface area contributed by atoms with Gasteiger partial charge in [-0.1, -0.05) is 31.6 Å². The fourth-order valence-electron chi connectivity index (χ4n) is 4.13. The number of aromatic nitrogens is 2. The number of hydrogen-bond acceptors (Lipinski definition) is 3. The van der Waals surface area contributed by atoms with Gasteiger partial charge in [0.15, 0.2) is 5.69 Å². The predicted octanol–water partition coefficient (Wildman–Crippen LogP) is 3.87. The SMILES string of the molecule is CC1(C)[C@H]2CC=C(CCOC(=O)c3cn4ccccc4n3)[C@@H]1C2. The van der Waals surface area contributed by atoms with Gasteiger partial charge in [0.2, 0.25) is 0 Å². The molecular formula is C19H22N2O2. The van der Waals surface area contributed by atoms with Crippen LogP contribution < -0.4 is 0 Å². The van der Waals surface area contributed by atoms with Crippen LogP contribution in [0.25, 0.3) is 5.65 Å². The number of pyridine rings is 1. The molecular weight excluding hydrogens is 288 g/mol. The summed E-state index contributed by atoms with van der Waals surface area (Å²) >= 11 is 0. The van der Waals surface area contributed by atoms with Crippen molar-refractivity contribution in [2.24, 2.45) is 17.3 Å². The molecule has 0 unspecified atom stereocenters. The average molecular weight is 310 g/mol. The Balaban J connectivity index is 1.36. The van der Waals surface area contributed by atoms with E-state index in [1.54, 1.807) is 6.20 Å². The molecule has 1 saturated carbocycles. The minimum Gasteiger partial charge on any atom is -0.461 e. The second kappa shape index (κ2) is 5.22. The fourth-order valence-corrected chi connectivity index (χ4v) is 4.13. The first-order chi connectivity index (χ1) is 11.1. The van der Waals surface area contributed by atoms with Crippen LogP contribution in [0.15, 0.2) is 42.2 Å². The first-order valence-corrected chi connectivity index (χ1v) is 8.35. The molecule has 0 N–H and O–H groups in total. The van der Waals surface area contributed by atoms with Crippen LogP contribution in [0.1, 0.15) is 43.6 Å². The van der Waals surface area contributed by atoms with E-state index < -0.39 is 0 Å². The normalized spacial score (nSPS) is 24.9. The van der Waals surface area contributed by atoms with Crippen LogP contribution >= 0.6 is 0 Å². The van der Waals surface area contributed by atoms with Crippen molar-refractivity contribution in [3.63, 3.8) is 0 Å². The molecule has 3 aliphatic carbocycles. The summed E-state index contributed by atoms with van der Waals surface area (Å²) in [5.74, 6) is 1.18. The summed E-state index contributed by atoms with van der Waals surface area (Å²) < 4.78 is 7.27. The van der Waals surface area contributed by atoms with E-state index in [1.165, 1.54) is 18.4 Å². The molecule has 2 bridgehead atoms. The second-order valence-electron chi connectivity index (χ2n) is 7.30. The van der Waals surface area contributed by atoms with E-state index in [2.05, 4.69) is 24.9 Å². The summed E-state index contributed by atoms with van der Waals surface area (Å²) in [5.41, 5.74) is 3.03. The monoisotopic (exact) mass is 310 g/mol. The molecule has 4 nitrogen and oxygen atoms in total. The van der Waals surface area contributed by atoms with E-state index in [4.69, 9.17) is 4.74 Å². The number of carbonyl (C=O) groups is 1. The zero-order valence-corrected chi connectivity index (χ0v) is 13.7. The standard InChI is InChI=1S/C19H22N2O2/c1-19(2)14-7-6-13(15(19)11-14)8-10-23-18(22)16-12-21-9-4-3-5-17(21)20-16/h3-6,9,12,14-15H,7-8,10-11H2,1-2H3/t14-,15-/m0/s1. The highest BCUT2D eigenvalue weighted by Crippen LogP contribution is 2.59. The summed E-state index contributed by atoms with van der Waals surface area (Å²) in [6.07, 6.45) is 9.29. The first-order valence-electron chi connectivity index (χ1n) is 8.35. The third kappa shape index (κ3) is 2.37. The van der Waals surface area contributed by atoms with Crippen LogP contribution in [0.5, 0.6) is 0 Å². The quantitative estimate of drug-likeness (QED) is 0.636. The van der Waals surface area contributed by atoms with Crippen LogP contribution in [0.3, 0.4) is 0 Å². The lowest BCUT2D eigenvalue weighted by molar-refractivity contribution is -0.0103. The van der Waals surface area contributed by atoms with Gasteiger partial charge in [-0.2, -0.15) is 0 Å². The van der Waals surface area contributed by atoms with Gasteiger partial charge in [-0.3, -0.25) is 0 Å². The molecule has 4 heteroatoms. The van der Waals surface area contributed by atoms with Gasteiger partial charge in [0.25, 0.3) is 0 Å². The van der Waals surface area contributed by atoms with Crippen LogP contribution in [-0.2, 0) is 4.74 Å². The van der Waals surface area contributed by atoms with Crippen LogP contribution in [0, 0.1) is 17.3 Å². The Bertz CT molecular complexity index is 755. The van der Waals surface area contributed by atoms with Crippen LogP contribution in [-0.4, -0.2) is 22.0 Å². The molecule has 3 aliphatic rings. The van der Waals surface area contributed by atoms with E-state index in [9.17, 15) is 4.79 Å². The fraction of sp³-hybridized carbons (Fsp3) is 0.474. The van der Waals surface area contributed by atoms with E-state index in [0.29, 0.717) is 23.6 Å². The molecule has 0 radical (unpaired) electrons. The first kappa shape index (κ1) is 14.5. The Morgan fingerprint density at radius 1 is 1.43 bits per heavy atom. The highest BCUT2D eigenvalue weighted by atomic mass is 16.5. The summed E-state index contributed by atoms with van der Waals surface area (Å²) in [7, 11) is 0. The molecule has 0 aliphatic heterocycles. The van der Waals surface area contributed by atoms with Gasteiger partial charge in [0.05, 0.1) is 6.61 Å². The summed E-state index contributed by atoms with van der Waals surface area (Å²) in [6, 6.07) is 5.69. The van der Waals surface area contributed by atoms with Crippen LogP contribution in [0.2, 0.25) is 0 Å². The van der Waals surface area contributed by atoms with Gasteiger partial charge in [0, 0.05) is 18.8 Å². The van der Waals surface area contributed by atoms with Gasteiger partial charge < -0.3 is 9.14 Å². The van der Waals surface area contributed by atoms with Crippen molar-refractivity contribution in [2.75, 3.05) is 6.61 Å². The summed E-state index contributed by atoms with van der Waals surface area (Å²) in [5, 5.41) is 0. The topological polar surface area (TPSA) is 43.6 Å². The number of nitrogens with zero attached hydrogens (tertiary/aromatic N) is 2. The van der Waals surface area contributed by atoms with Crippen molar-refractivity contribution in [1.82, 2.24) is 9.38 Å².